The first-order valence-corrected chi connectivity index (χ1v) is 5.93. The lowest BCUT2D eigenvalue weighted by atomic mass is 10.1. The number of allylic oxidation sites excluding steroid dienone is 1. The molecule has 1 saturated heterocycles. The van der Waals surface area contributed by atoms with Crippen molar-refractivity contribution < 1.29 is 9.59 Å². The van der Waals surface area contributed by atoms with E-state index in [4.69, 9.17) is 0 Å². The molecular weight excluding hydrogens is 228 g/mol. The number of hydrogen-bond acceptors (Lipinski definition) is 3. The van der Waals surface area contributed by atoms with Crippen molar-refractivity contribution in [1.82, 2.24) is 10.6 Å². The smallest absolute Gasteiger partial charge is 0.267 e. The predicted molar refractivity (Wildman–Crippen MR) is 69.2 cm³/mol. The lowest BCUT2D eigenvalue weighted by Crippen LogP contribution is -2.49. The minimum Gasteiger partial charge on any atom is -0.378 e. The summed E-state index contributed by atoms with van der Waals surface area (Å²) in [7, 11) is 0. The van der Waals surface area contributed by atoms with Crippen LogP contribution in [0.2, 0.25) is 0 Å². The maximum atomic E-state index is 12.0. The van der Waals surface area contributed by atoms with Gasteiger partial charge < -0.3 is 10.6 Å². The second-order valence-corrected chi connectivity index (χ2v) is 4.54. The molecule has 1 atom stereocenters. The van der Waals surface area contributed by atoms with Crippen LogP contribution in [0.3, 0.4) is 0 Å². The third kappa shape index (κ3) is 2.77. The largest absolute Gasteiger partial charge is 0.378 e. The number of nitrogens with one attached hydrogen (secondary N) is 2. The van der Waals surface area contributed by atoms with Crippen molar-refractivity contribution in [2.45, 2.75) is 19.9 Å². The van der Waals surface area contributed by atoms with E-state index in [1.807, 2.05) is 26.0 Å². The van der Waals surface area contributed by atoms with Gasteiger partial charge in [0.05, 0.1) is 0 Å². The number of hydrogen-bond donors (Lipinski definition) is 2. The molecule has 1 aromatic carbocycles. The van der Waals surface area contributed by atoms with E-state index in [2.05, 4.69) is 10.6 Å². The highest BCUT2D eigenvalue weighted by molar-refractivity contribution is 6.09. The molecule has 94 valence electrons. The minimum atomic E-state index is -0.228. The molecule has 0 unspecified atom stereocenters. The molecule has 1 aromatic rings. The quantitative estimate of drug-likeness (QED) is 0.606. The first-order chi connectivity index (χ1) is 8.56. The first-order valence-electron chi connectivity index (χ1n) is 5.93. The highest BCUT2D eigenvalue weighted by atomic mass is 16.2. The molecule has 1 amide bonds. The SMILES string of the molecule is Cc1ccc(C(=O)/C=C2/NC[C@H](C)NC2=O)cc1. The van der Waals surface area contributed by atoms with Gasteiger partial charge in [-0.15, -0.1) is 0 Å². The zero-order valence-corrected chi connectivity index (χ0v) is 10.5. The van der Waals surface area contributed by atoms with Crippen LogP contribution in [-0.4, -0.2) is 24.3 Å². The molecule has 0 aromatic heterocycles. The molecule has 0 radical (unpaired) electrons. The molecule has 1 aliphatic heterocycles. The van der Waals surface area contributed by atoms with Crippen LogP contribution in [-0.2, 0) is 4.79 Å². The molecule has 4 nitrogen and oxygen atoms in total. The van der Waals surface area contributed by atoms with E-state index < -0.39 is 0 Å². The summed E-state index contributed by atoms with van der Waals surface area (Å²) in [6, 6.07) is 7.37. The fraction of sp³-hybridized carbons (Fsp3) is 0.286. The van der Waals surface area contributed by atoms with Crippen LogP contribution >= 0.6 is 0 Å². The van der Waals surface area contributed by atoms with E-state index in [0.717, 1.165) is 5.56 Å². The lowest BCUT2D eigenvalue weighted by molar-refractivity contribution is -0.119. The number of carbonyl (C=O) groups is 2. The average Bonchev–Trinajstić information content (AvgIpc) is 2.33. The number of carbonyl (C=O) groups excluding carboxylic acids is 2. The lowest BCUT2D eigenvalue weighted by Gasteiger charge is -2.23. The fourth-order valence-electron chi connectivity index (χ4n) is 1.74. The molecule has 2 rings (SSSR count). The van der Waals surface area contributed by atoms with Crippen molar-refractivity contribution in [3.63, 3.8) is 0 Å². The summed E-state index contributed by atoms with van der Waals surface area (Å²) in [5.41, 5.74) is 2.02. The van der Waals surface area contributed by atoms with Crippen LogP contribution in [0.4, 0.5) is 0 Å². The van der Waals surface area contributed by atoms with Crippen LogP contribution in [0.15, 0.2) is 36.0 Å². The highest BCUT2D eigenvalue weighted by Crippen LogP contribution is 2.07. The summed E-state index contributed by atoms with van der Waals surface area (Å²) in [5, 5.41) is 5.73. The van der Waals surface area contributed by atoms with Crippen molar-refractivity contribution in [2.75, 3.05) is 6.54 Å². The molecule has 0 saturated carbocycles. The van der Waals surface area contributed by atoms with Crippen molar-refractivity contribution in [3.05, 3.63) is 47.2 Å². The standard InChI is InChI=1S/C14H16N2O2/c1-9-3-5-11(6-4-9)13(17)7-12-14(18)16-10(2)8-15-12/h3-7,10,15H,8H2,1-2H3,(H,16,18)/b12-7+/t10-/m0/s1. The van der Waals surface area contributed by atoms with Crippen molar-refractivity contribution in [1.29, 1.82) is 0 Å². The topological polar surface area (TPSA) is 58.2 Å². The molecule has 0 aliphatic carbocycles. The molecule has 1 aliphatic rings. The highest BCUT2D eigenvalue weighted by Gasteiger charge is 2.19. The van der Waals surface area contributed by atoms with E-state index in [-0.39, 0.29) is 17.7 Å². The van der Waals surface area contributed by atoms with Crippen LogP contribution in [0.1, 0.15) is 22.8 Å². The first kappa shape index (κ1) is 12.4. The zero-order valence-electron chi connectivity index (χ0n) is 10.5. The van der Waals surface area contributed by atoms with E-state index in [1.165, 1.54) is 6.08 Å². The third-order valence-electron chi connectivity index (χ3n) is 2.83. The molecule has 0 spiro atoms. The van der Waals surface area contributed by atoms with Crippen LogP contribution in [0, 0.1) is 6.92 Å². The van der Waals surface area contributed by atoms with Crippen molar-refractivity contribution in [3.8, 4) is 0 Å². The Kier molecular flexibility index (Phi) is 3.46. The molecule has 1 heterocycles. The molecular formula is C14H16N2O2. The molecule has 0 bridgehead atoms. The zero-order chi connectivity index (χ0) is 13.1. The Morgan fingerprint density at radius 3 is 2.61 bits per heavy atom. The van der Waals surface area contributed by atoms with Gasteiger partial charge in [0, 0.05) is 24.2 Å². The Morgan fingerprint density at radius 1 is 1.33 bits per heavy atom. The van der Waals surface area contributed by atoms with Crippen molar-refractivity contribution in [2.24, 2.45) is 0 Å². The van der Waals surface area contributed by atoms with Gasteiger partial charge in [-0.25, -0.2) is 0 Å². The van der Waals surface area contributed by atoms with Crippen LogP contribution in [0.5, 0.6) is 0 Å². The van der Waals surface area contributed by atoms with Gasteiger partial charge in [0.15, 0.2) is 5.78 Å². The second-order valence-electron chi connectivity index (χ2n) is 4.54. The average molecular weight is 244 g/mol. The number of piperazine rings is 1. The molecule has 1 fully saturated rings. The Hall–Kier alpha value is -2.10. The number of rotatable bonds is 2. The number of amides is 1. The van der Waals surface area contributed by atoms with Gasteiger partial charge >= 0.3 is 0 Å². The molecule has 18 heavy (non-hydrogen) atoms. The van der Waals surface area contributed by atoms with Gasteiger partial charge in [-0.2, -0.15) is 0 Å². The second kappa shape index (κ2) is 5.04. The van der Waals surface area contributed by atoms with E-state index in [0.29, 0.717) is 17.8 Å². The van der Waals surface area contributed by atoms with Gasteiger partial charge in [-0.3, -0.25) is 9.59 Å². The normalized spacial score (nSPS) is 21.3. The summed E-state index contributed by atoms with van der Waals surface area (Å²) in [6.07, 6.45) is 1.35. The van der Waals surface area contributed by atoms with Gasteiger partial charge in [0.1, 0.15) is 5.70 Å². The van der Waals surface area contributed by atoms with Crippen LogP contribution < -0.4 is 10.6 Å². The molecule has 2 N–H and O–H groups in total. The Balaban J connectivity index is 2.15. The summed E-state index contributed by atoms with van der Waals surface area (Å²) in [6.45, 7) is 4.51. The number of ketones is 1. The van der Waals surface area contributed by atoms with Gasteiger partial charge in [-0.05, 0) is 13.8 Å². The number of benzene rings is 1. The van der Waals surface area contributed by atoms with Gasteiger partial charge in [0.2, 0.25) is 0 Å². The van der Waals surface area contributed by atoms with Gasteiger partial charge in [0.25, 0.3) is 5.91 Å². The Labute approximate surface area is 106 Å². The minimum absolute atomic E-state index is 0.0872. The van der Waals surface area contributed by atoms with Crippen LogP contribution in [0.25, 0.3) is 0 Å². The monoisotopic (exact) mass is 244 g/mol. The summed E-state index contributed by atoms with van der Waals surface area (Å²) < 4.78 is 0. The fourth-order valence-corrected chi connectivity index (χ4v) is 1.74. The number of aryl methyl sites for hydroxylation is 1. The van der Waals surface area contributed by atoms with Gasteiger partial charge in [-0.1, -0.05) is 29.8 Å². The summed E-state index contributed by atoms with van der Waals surface area (Å²) in [4.78, 5) is 23.6. The van der Waals surface area contributed by atoms with E-state index >= 15 is 0 Å². The maximum Gasteiger partial charge on any atom is 0.267 e. The molecule has 4 heteroatoms. The van der Waals surface area contributed by atoms with E-state index in [1.54, 1.807) is 12.1 Å². The predicted octanol–water partition coefficient (Wildman–Crippen LogP) is 1.17. The summed E-state index contributed by atoms with van der Waals surface area (Å²) >= 11 is 0. The Bertz CT molecular complexity index is 503. The maximum absolute atomic E-state index is 12.0. The Morgan fingerprint density at radius 2 is 2.00 bits per heavy atom. The van der Waals surface area contributed by atoms with E-state index in [9.17, 15) is 9.59 Å². The summed E-state index contributed by atoms with van der Waals surface area (Å²) in [5.74, 6) is -0.392. The third-order valence-corrected chi connectivity index (χ3v) is 2.83. The van der Waals surface area contributed by atoms with Crippen molar-refractivity contribution >= 4 is 11.7 Å².